The van der Waals surface area contributed by atoms with Gasteiger partial charge in [-0.05, 0) is 43.9 Å². The summed E-state index contributed by atoms with van der Waals surface area (Å²) >= 11 is 0. The molecule has 29 heavy (non-hydrogen) atoms. The highest BCUT2D eigenvalue weighted by Gasteiger charge is 2.56. The van der Waals surface area contributed by atoms with E-state index in [4.69, 9.17) is 10.7 Å². The van der Waals surface area contributed by atoms with Crippen LogP contribution >= 0.6 is 0 Å². The zero-order valence-electron chi connectivity index (χ0n) is 18.2. The molecule has 164 valence electrons. The van der Waals surface area contributed by atoms with Crippen molar-refractivity contribution in [2.75, 3.05) is 20.1 Å². The molecule has 2 aliphatic heterocycles. The van der Waals surface area contributed by atoms with Crippen LogP contribution in [0.5, 0.6) is 0 Å². The Hall–Kier alpha value is -1.14. The van der Waals surface area contributed by atoms with Crippen LogP contribution < -0.4 is 5.73 Å². The van der Waals surface area contributed by atoms with Gasteiger partial charge in [-0.3, -0.25) is 14.6 Å². The lowest BCUT2D eigenvalue weighted by Gasteiger charge is -2.45. The van der Waals surface area contributed by atoms with Crippen LogP contribution in [0.2, 0.25) is 0 Å². The lowest BCUT2D eigenvalue weighted by Crippen LogP contribution is -2.60. The minimum atomic E-state index is -0.762. The van der Waals surface area contributed by atoms with Gasteiger partial charge in [0.1, 0.15) is 0 Å². The fourth-order valence-electron chi connectivity index (χ4n) is 6.59. The van der Waals surface area contributed by atoms with E-state index in [1.54, 1.807) is 11.9 Å². The van der Waals surface area contributed by atoms with E-state index in [0.717, 1.165) is 38.6 Å². The van der Waals surface area contributed by atoms with Crippen LogP contribution in [0, 0.1) is 11.8 Å². The molecule has 0 radical (unpaired) electrons. The van der Waals surface area contributed by atoms with Gasteiger partial charge in [0.15, 0.2) is 11.5 Å². The first-order valence-electron chi connectivity index (χ1n) is 12.1. The van der Waals surface area contributed by atoms with Gasteiger partial charge in [-0.15, -0.1) is 0 Å². The molecule has 0 aromatic carbocycles. The molecule has 0 spiro atoms. The van der Waals surface area contributed by atoms with Gasteiger partial charge >= 0.3 is 0 Å². The molecular formula is C23H40N4O2. The van der Waals surface area contributed by atoms with Gasteiger partial charge in [0.05, 0.1) is 6.10 Å². The van der Waals surface area contributed by atoms with Crippen molar-refractivity contribution in [3.8, 4) is 0 Å². The SMILES string of the molecule is CN1C(=O)[C@@](CCC2CCCCC2)(C(C2CCCCC2)N2CC[C@@H](O)C2)N=C1N. The Morgan fingerprint density at radius 2 is 1.76 bits per heavy atom. The quantitative estimate of drug-likeness (QED) is 0.713. The molecule has 3 N–H and O–H groups in total. The van der Waals surface area contributed by atoms with E-state index in [-0.39, 0.29) is 18.1 Å². The van der Waals surface area contributed by atoms with Crippen LogP contribution in [0.15, 0.2) is 4.99 Å². The lowest BCUT2D eigenvalue weighted by molar-refractivity contribution is -0.134. The van der Waals surface area contributed by atoms with E-state index in [1.807, 2.05) is 0 Å². The number of β-amino-alcohol motifs (C(OH)–C–C–N with tert-alkyl or cyclic N) is 1. The molecular weight excluding hydrogens is 364 g/mol. The van der Waals surface area contributed by atoms with Gasteiger partial charge in [0.2, 0.25) is 0 Å². The van der Waals surface area contributed by atoms with Crippen molar-refractivity contribution in [3.63, 3.8) is 0 Å². The zero-order chi connectivity index (χ0) is 20.4. The third-order valence-corrected chi connectivity index (χ3v) is 8.16. The number of aliphatic hydroxyl groups is 1. The van der Waals surface area contributed by atoms with Crippen LogP contribution in [0.4, 0.5) is 0 Å². The predicted molar refractivity (Wildman–Crippen MR) is 115 cm³/mol. The summed E-state index contributed by atoms with van der Waals surface area (Å²) in [7, 11) is 1.78. The average molecular weight is 405 g/mol. The largest absolute Gasteiger partial charge is 0.392 e. The monoisotopic (exact) mass is 404 g/mol. The molecule has 4 aliphatic rings. The Kier molecular flexibility index (Phi) is 6.50. The summed E-state index contributed by atoms with van der Waals surface area (Å²) < 4.78 is 0. The Bertz CT molecular complexity index is 607. The molecule has 0 aromatic heterocycles. The first-order valence-corrected chi connectivity index (χ1v) is 12.1. The minimum Gasteiger partial charge on any atom is -0.392 e. The second kappa shape index (κ2) is 8.93. The number of aliphatic hydroxyl groups excluding tert-OH is 1. The van der Waals surface area contributed by atoms with Crippen LogP contribution in [-0.2, 0) is 4.79 Å². The van der Waals surface area contributed by atoms with Gasteiger partial charge in [-0.25, -0.2) is 4.99 Å². The van der Waals surface area contributed by atoms with Crippen molar-refractivity contribution < 1.29 is 9.90 Å². The van der Waals surface area contributed by atoms with Gasteiger partial charge in [-0.2, -0.15) is 0 Å². The number of carbonyl (C=O) groups excluding carboxylic acids is 1. The molecule has 4 rings (SSSR count). The topological polar surface area (TPSA) is 82.2 Å². The summed E-state index contributed by atoms with van der Waals surface area (Å²) in [4.78, 5) is 22.6. The lowest BCUT2D eigenvalue weighted by atomic mass is 9.70. The number of carbonyl (C=O) groups is 1. The fourth-order valence-corrected chi connectivity index (χ4v) is 6.59. The third-order valence-electron chi connectivity index (χ3n) is 8.16. The van der Waals surface area contributed by atoms with Crippen molar-refractivity contribution >= 4 is 11.9 Å². The van der Waals surface area contributed by atoms with Crippen LogP contribution in [0.1, 0.15) is 83.5 Å². The van der Waals surface area contributed by atoms with E-state index >= 15 is 0 Å². The van der Waals surface area contributed by atoms with E-state index in [1.165, 1.54) is 51.4 Å². The number of nitrogens with two attached hydrogens (primary N) is 1. The van der Waals surface area contributed by atoms with Crippen molar-refractivity contribution in [3.05, 3.63) is 0 Å². The number of rotatable bonds is 6. The molecule has 6 heteroatoms. The molecule has 0 bridgehead atoms. The highest BCUT2D eigenvalue weighted by atomic mass is 16.3. The molecule has 0 aromatic rings. The summed E-state index contributed by atoms with van der Waals surface area (Å²) in [5, 5.41) is 10.3. The molecule has 1 saturated heterocycles. The third kappa shape index (κ3) is 4.20. The molecule has 6 nitrogen and oxygen atoms in total. The van der Waals surface area contributed by atoms with Gasteiger partial charge in [0.25, 0.3) is 5.91 Å². The minimum absolute atomic E-state index is 0.0690. The van der Waals surface area contributed by atoms with Crippen molar-refractivity contribution in [2.45, 2.75) is 101 Å². The second-order valence-electron chi connectivity index (χ2n) is 10.1. The van der Waals surface area contributed by atoms with E-state index in [2.05, 4.69) is 4.90 Å². The van der Waals surface area contributed by atoms with Crippen molar-refractivity contribution in [2.24, 2.45) is 22.6 Å². The number of hydrogen-bond donors (Lipinski definition) is 2. The second-order valence-corrected chi connectivity index (χ2v) is 10.1. The van der Waals surface area contributed by atoms with Crippen LogP contribution in [-0.4, -0.2) is 64.6 Å². The van der Waals surface area contributed by atoms with E-state index in [0.29, 0.717) is 24.3 Å². The molecule has 2 saturated carbocycles. The predicted octanol–water partition coefficient (Wildman–Crippen LogP) is 2.89. The number of hydrogen-bond acceptors (Lipinski definition) is 5. The Morgan fingerprint density at radius 3 is 2.31 bits per heavy atom. The van der Waals surface area contributed by atoms with Gasteiger partial charge in [0, 0.05) is 26.2 Å². The number of amides is 1. The van der Waals surface area contributed by atoms with Gasteiger partial charge < -0.3 is 10.8 Å². The maximum atomic E-state index is 13.7. The Morgan fingerprint density at radius 1 is 1.10 bits per heavy atom. The number of likely N-dealkylation sites (tertiary alicyclic amines) is 1. The fraction of sp³-hybridized carbons (Fsp3) is 0.913. The van der Waals surface area contributed by atoms with Crippen molar-refractivity contribution in [1.29, 1.82) is 0 Å². The summed E-state index contributed by atoms with van der Waals surface area (Å²) in [5.74, 6) is 1.64. The average Bonchev–Trinajstić information content (AvgIpc) is 3.26. The smallest absolute Gasteiger partial charge is 0.258 e. The van der Waals surface area contributed by atoms with Crippen LogP contribution in [0.25, 0.3) is 0 Å². The van der Waals surface area contributed by atoms with Crippen molar-refractivity contribution in [1.82, 2.24) is 9.80 Å². The van der Waals surface area contributed by atoms with E-state index < -0.39 is 5.54 Å². The van der Waals surface area contributed by atoms with Gasteiger partial charge in [-0.1, -0.05) is 51.4 Å². The molecule has 1 amide bonds. The molecule has 1 unspecified atom stereocenters. The summed E-state index contributed by atoms with van der Waals surface area (Å²) in [5.41, 5.74) is 5.47. The number of nitrogens with zero attached hydrogens (tertiary/aromatic N) is 3. The molecule has 2 heterocycles. The number of likely N-dealkylation sites (N-methyl/N-ethyl adjacent to an activating group) is 1. The summed E-state index contributed by atoms with van der Waals surface area (Å²) in [6, 6.07) is 0.0690. The molecule has 3 atom stereocenters. The summed E-state index contributed by atoms with van der Waals surface area (Å²) in [6.07, 6.45) is 15.0. The highest BCUT2D eigenvalue weighted by molar-refractivity contribution is 6.07. The standard InChI is InChI=1S/C23H40N4O2/c1-26-21(29)23(25-22(26)24,14-12-17-8-4-2-5-9-17)20(18-10-6-3-7-11-18)27-15-13-19(28)16-27/h17-20,28H,2-16H2,1H3,(H2,24,25)/t19-,20?,23-/m1/s1. The molecule has 2 aliphatic carbocycles. The number of aliphatic imine (C=N–C) groups is 1. The van der Waals surface area contributed by atoms with E-state index in [9.17, 15) is 9.90 Å². The Balaban J connectivity index is 1.65. The maximum Gasteiger partial charge on any atom is 0.258 e. The number of guanidine groups is 1. The maximum absolute atomic E-state index is 13.7. The summed E-state index contributed by atoms with van der Waals surface area (Å²) in [6.45, 7) is 1.53. The highest BCUT2D eigenvalue weighted by Crippen LogP contribution is 2.44. The first kappa shape index (κ1) is 21.1. The molecule has 3 fully saturated rings. The Labute approximate surface area is 175 Å². The normalized spacial score (nSPS) is 34.0. The first-order chi connectivity index (χ1) is 14.0. The van der Waals surface area contributed by atoms with Crippen LogP contribution in [0.3, 0.4) is 0 Å². The zero-order valence-corrected chi connectivity index (χ0v) is 18.2.